The molecule has 186 valence electrons. The van der Waals surface area contributed by atoms with E-state index in [1.807, 2.05) is 44.2 Å². The first-order chi connectivity index (χ1) is 16.0. The second-order valence-corrected chi connectivity index (χ2v) is 10.7. The summed E-state index contributed by atoms with van der Waals surface area (Å²) in [7, 11) is -3.58. The van der Waals surface area contributed by atoms with Crippen molar-refractivity contribution in [3.05, 3.63) is 64.7 Å². The summed E-state index contributed by atoms with van der Waals surface area (Å²) in [6, 6.07) is 13.9. The Morgan fingerprint density at radius 3 is 2.41 bits per heavy atom. The summed E-state index contributed by atoms with van der Waals surface area (Å²) in [5, 5.41) is 3.28. The Hall–Kier alpha value is -2.58. The number of carbonyl (C=O) groups excluding carboxylic acids is 2. The molecule has 0 saturated heterocycles. The minimum atomic E-state index is -3.58. The Morgan fingerprint density at radius 2 is 1.79 bits per heavy atom. The Labute approximate surface area is 208 Å². The Bertz CT molecular complexity index is 1080. The van der Waals surface area contributed by atoms with Crippen molar-refractivity contribution in [3.63, 3.8) is 0 Å². The zero-order valence-corrected chi connectivity index (χ0v) is 21.8. The van der Waals surface area contributed by atoms with Gasteiger partial charge in [0, 0.05) is 31.1 Å². The molecule has 0 saturated carbocycles. The highest BCUT2D eigenvalue weighted by Crippen LogP contribution is 2.26. The van der Waals surface area contributed by atoms with Crippen LogP contribution in [-0.2, 0) is 26.2 Å². The number of rotatable bonds is 12. The molecule has 0 fully saturated rings. The maximum atomic E-state index is 13.2. The van der Waals surface area contributed by atoms with E-state index in [9.17, 15) is 18.0 Å². The van der Waals surface area contributed by atoms with Crippen LogP contribution in [-0.4, -0.2) is 50.5 Å². The standard InChI is InChI=1S/C25H34ClN3O4S/c1-5-15-27-25(31)20(3)28(18-21-10-7-6-8-11-21)24(30)12-9-16-29(34(4,32)33)23-17-22(26)14-13-19(23)2/h6-8,10-11,13-14,17,20H,5,9,12,15-16,18H2,1-4H3,(H,27,31). The molecule has 1 unspecified atom stereocenters. The quantitative estimate of drug-likeness (QED) is 0.467. The summed E-state index contributed by atoms with van der Waals surface area (Å²) in [6.45, 7) is 6.45. The molecule has 2 amide bonds. The number of carbonyl (C=O) groups is 2. The average Bonchev–Trinajstić information content (AvgIpc) is 2.79. The number of hydrogen-bond acceptors (Lipinski definition) is 4. The zero-order valence-electron chi connectivity index (χ0n) is 20.3. The van der Waals surface area contributed by atoms with Gasteiger partial charge >= 0.3 is 0 Å². The molecule has 9 heteroatoms. The van der Waals surface area contributed by atoms with Crippen molar-refractivity contribution >= 4 is 39.1 Å². The van der Waals surface area contributed by atoms with Gasteiger partial charge in [0.05, 0.1) is 11.9 Å². The molecule has 0 heterocycles. The Morgan fingerprint density at radius 1 is 1.12 bits per heavy atom. The van der Waals surface area contributed by atoms with Crippen LogP contribution in [0.2, 0.25) is 5.02 Å². The lowest BCUT2D eigenvalue weighted by molar-refractivity contribution is -0.140. The Kier molecular flexibility index (Phi) is 10.4. The van der Waals surface area contributed by atoms with Gasteiger partial charge in [-0.3, -0.25) is 13.9 Å². The Balaban J connectivity index is 2.16. The highest BCUT2D eigenvalue weighted by molar-refractivity contribution is 7.92. The van der Waals surface area contributed by atoms with Crippen molar-refractivity contribution in [2.75, 3.05) is 23.7 Å². The fourth-order valence-electron chi connectivity index (χ4n) is 3.59. The molecule has 2 rings (SSSR count). The van der Waals surface area contributed by atoms with Crippen molar-refractivity contribution < 1.29 is 18.0 Å². The summed E-state index contributed by atoms with van der Waals surface area (Å²) in [5.41, 5.74) is 2.18. The zero-order chi connectivity index (χ0) is 25.3. The van der Waals surface area contributed by atoms with E-state index in [-0.39, 0.29) is 24.8 Å². The number of hydrogen-bond donors (Lipinski definition) is 1. The molecule has 2 aromatic carbocycles. The van der Waals surface area contributed by atoms with Gasteiger partial charge in [-0.2, -0.15) is 0 Å². The third kappa shape index (κ3) is 8.02. The molecule has 1 atom stereocenters. The average molecular weight is 508 g/mol. The number of nitrogens with one attached hydrogen (secondary N) is 1. The fourth-order valence-corrected chi connectivity index (χ4v) is 4.77. The van der Waals surface area contributed by atoms with E-state index >= 15 is 0 Å². The number of amides is 2. The smallest absolute Gasteiger partial charge is 0.242 e. The number of nitrogens with zero attached hydrogens (tertiary/aromatic N) is 2. The first-order valence-electron chi connectivity index (χ1n) is 11.4. The second-order valence-electron chi connectivity index (χ2n) is 8.34. The molecule has 0 aliphatic rings. The molecule has 0 radical (unpaired) electrons. The highest BCUT2D eigenvalue weighted by atomic mass is 35.5. The van der Waals surface area contributed by atoms with Crippen molar-refractivity contribution in [1.29, 1.82) is 0 Å². The van der Waals surface area contributed by atoms with E-state index in [1.54, 1.807) is 30.0 Å². The number of anilines is 1. The normalized spacial score (nSPS) is 12.1. The van der Waals surface area contributed by atoms with Crippen molar-refractivity contribution in [2.45, 2.75) is 52.6 Å². The third-order valence-electron chi connectivity index (χ3n) is 5.50. The highest BCUT2D eigenvalue weighted by Gasteiger charge is 2.26. The lowest BCUT2D eigenvalue weighted by Gasteiger charge is -2.29. The molecule has 0 bridgehead atoms. The summed E-state index contributed by atoms with van der Waals surface area (Å²) in [6.07, 6.45) is 2.34. The minimum Gasteiger partial charge on any atom is -0.354 e. The van der Waals surface area contributed by atoms with Crippen LogP contribution in [0.5, 0.6) is 0 Å². The van der Waals surface area contributed by atoms with Gasteiger partial charge in [-0.25, -0.2) is 8.42 Å². The molecule has 1 N–H and O–H groups in total. The summed E-state index contributed by atoms with van der Waals surface area (Å²) in [5.74, 6) is -0.419. The van der Waals surface area contributed by atoms with E-state index in [0.29, 0.717) is 30.2 Å². The van der Waals surface area contributed by atoms with Gasteiger partial charge in [0.15, 0.2) is 0 Å². The van der Waals surface area contributed by atoms with E-state index < -0.39 is 16.1 Å². The van der Waals surface area contributed by atoms with E-state index in [4.69, 9.17) is 11.6 Å². The van der Waals surface area contributed by atoms with Crippen LogP contribution in [0.1, 0.15) is 44.2 Å². The van der Waals surface area contributed by atoms with Crippen LogP contribution in [0.4, 0.5) is 5.69 Å². The maximum absolute atomic E-state index is 13.2. The van der Waals surface area contributed by atoms with E-state index in [2.05, 4.69) is 5.32 Å². The topological polar surface area (TPSA) is 86.8 Å². The molecule has 0 spiro atoms. The van der Waals surface area contributed by atoms with Gasteiger partial charge in [0.25, 0.3) is 0 Å². The molecule has 2 aromatic rings. The second kappa shape index (κ2) is 12.8. The lowest BCUT2D eigenvalue weighted by atomic mass is 10.1. The van der Waals surface area contributed by atoms with Gasteiger partial charge in [0.1, 0.15) is 6.04 Å². The summed E-state index contributed by atoms with van der Waals surface area (Å²) < 4.78 is 26.2. The van der Waals surface area contributed by atoms with Crippen LogP contribution in [0.25, 0.3) is 0 Å². The van der Waals surface area contributed by atoms with Gasteiger partial charge in [0.2, 0.25) is 21.8 Å². The third-order valence-corrected chi connectivity index (χ3v) is 6.92. The van der Waals surface area contributed by atoms with Crippen LogP contribution in [0, 0.1) is 6.92 Å². The van der Waals surface area contributed by atoms with Gasteiger partial charge in [-0.1, -0.05) is 54.9 Å². The summed E-state index contributed by atoms with van der Waals surface area (Å²) in [4.78, 5) is 27.4. The first-order valence-corrected chi connectivity index (χ1v) is 13.6. The van der Waals surface area contributed by atoms with E-state index in [1.165, 1.54) is 4.31 Å². The van der Waals surface area contributed by atoms with Crippen LogP contribution < -0.4 is 9.62 Å². The lowest BCUT2D eigenvalue weighted by Crippen LogP contribution is -2.47. The molecule has 34 heavy (non-hydrogen) atoms. The van der Waals surface area contributed by atoms with Crippen LogP contribution in [0.3, 0.4) is 0 Å². The minimum absolute atomic E-state index is 0.101. The number of halogens is 1. The largest absolute Gasteiger partial charge is 0.354 e. The first kappa shape index (κ1) is 27.7. The van der Waals surface area contributed by atoms with E-state index in [0.717, 1.165) is 23.8 Å². The monoisotopic (exact) mass is 507 g/mol. The molecule has 7 nitrogen and oxygen atoms in total. The van der Waals surface area contributed by atoms with Crippen molar-refractivity contribution in [3.8, 4) is 0 Å². The van der Waals surface area contributed by atoms with Gasteiger partial charge in [-0.15, -0.1) is 0 Å². The SMILES string of the molecule is CCCNC(=O)C(C)N(Cc1ccccc1)C(=O)CCCN(c1cc(Cl)ccc1C)S(C)(=O)=O. The van der Waals surface area contributed by atoms with Crippen molar-refractivity contribution in [2.24, 2.45) is 0 Å². The van der Waals surface area contributed by atoms with Gasteiger partial charge in [-0.05, 0) is 49.9 Å². The number of benzene rings is 2. The summed E-state index contributed by atoms with van der Waals surface area (Å²) >= 11 is 6.09. The fraction of sp³-hybridized carbons (Fsp3) is 0.440. The number of aryl methyl sites for hydroxylation is 1. The predicted molar refractivity (Wildman–Crippen MR) is 137 cm³/mol. The van der Waals surface area contributed by atoms with Crippen molar-refractivity contribution in [1.82, 2.24) is 10.2 Å². The molecule has 0 aliphatic heterocycles. The van der Waals surface area contributed by atoms with Crippen LogP contribution in [0.15, 0.2) is 48.5 Å². The predicted octanol–water partition coefficient (Wildman–Crippen LogP) is 4.14. The molecule has 0 aromatic heterocycles. The molecular weight excluding hydrogens is 474 g/mol. The van der Waals surface area contributed by atoms with Gasteiger partial charge < -0.3 is 10.2 Å². The maximum Gasteiger partial charge on any atom is 0.242 e. The van der Waals surface area contributed by atoms with Crippen LogP contribution >= 0.6 is 11.6 Å². The molecular formula is C25H34ClN3O4S. The molecule has 0 aliphatic carbocycles. The number of sulfonamides is 1.